The molecule has 0 radical (unpaired) electrons. The number of sulfonamides is 1. The van der Waals surface area contributed by atoms with Crippen LogP contribution in [0.15, 0.2) is 53.4 Å². The van der Waals surface area contributed by atoms with Crippen molar-refractivity contribution in [2.24, 2.45) is 0 Å². The van der Waals surface area contributed by atoms with Gasteiger partial charge in [-0.1, -0.05) is 36.4 Å². The van der Waals surface area contributed by atoms with Crippen LogP contribution in [0.4, 0.5) is 0 Å². The number of hydrogen-bond donors (Lipinski definition) is 1. The predicted octanol–water partition coefficient (Wildman–Crippen LogP) is 2.47. The molecule has 2 aliphatic heterocycles. The van der Waals surface area contributed by atoms with E-state index in [0.717, 1.165) is 56.7 Å². The van der Waals surface area contributed by atoms with Crippen molar-refractivity contribution >= 4 is 15.9 Å². The van der Waals surface area contributed by atoms with Gasteiger partial charge in [-0.3, -0.25) is 9.69 Å². The Hall–Kier alpha value is -2.26. The SMILES string of the molecule is CN1CCN(Cc2cccc(CNC(=O)CCc3ccc(S(=O)(=O)N4CCCC4)cc3)c2)CC1. The van der Waals surface area contributed by atoms with Gasteiger partial charge in [-0.2, -0.15) is 4.31 Å². The maximum absolute atomic E-state index is 12.6. The molecule has 7 nitrogen and oxygen atoms in total. The van der Waals surface area contributed by atoms with Crippen LogP contribution in [0.25, 0.3) is 0 Å². The smallest absolute Gasteiger partial charge is 0.243 e. The second kappa shape index (κ2) is 11.4. The van der Waals surface area contributed by atoms with Gasteiger partial charge in [0.05, 0.1) is 4.90 Å². The normalized spacial score (nSPS) is 18.3. The molecule has 2 aliphatic rings. The lowest BCUT2D eigenvalue weighted by Crippen LogP contribution is -2.43. The molecule has 184 valence electrons. The molecule has 8 heteroatoms. The zero-order valence-electron chi connectivity index (χ0n) is 20.1. The van der Waals surface area contributed by atoms with Crippen LogP contribution < -0.4 is 5.32 Å². The number of nitrogens with zero attached hydrogens (tertiary/aromatic N) is 3. The summed E-state index contributed by atoms with van der Waals surface area (Å²) in [6.07, 6.45) is 2.80. The number of rotatable bonds is 9. The van der Waals surface area contributed by atoms with Gasteiger partial charge in [0.25, 0.3) is 0 Å². The van der Waals surface area contributed by atoms with Gasteiger partial charge in [0.15, 0.2) is 0 Å². The fourth-order valence-corrected chi connectivity index (χ4v) is 6.07. The Morgan fingerprint density at radius 1 is 0.882 bits per heavy atom. The van der Waals surface area contributed by atoms with Crippen molar-refractivity contribution in [2.75, 3.05) is 46.3 Å². The van der Waals surface area contributed by atoms with Crippen molar-refractivity contribution in [1.29, 1.82) is 0 Å². The average Bonchev–Trinajstić information content (AvgIpc) is 3.40. The number of hydrogen-bond acceptors (Lipinski definition) is 5. The standard InChI is InChI=1S/C26H36N4O3S/c1-28-15-17-29(18-16-28)21-24-6-4-5-23(19-24)20-27-26(31)12-9-22-7-10-25(11-8-22)34(32,33)30-13-2-3-14-30/h4-8,10-11,19H,2-3,9,12-18,20-21H2,1H3,(H,27,31). The molecule has 0 spiro atoms. The van der Waals surface area contributed by atoms with Crippen LogP contribution in [-0.4, -0.2) is 74.7 Å². The highest BCUT2D eigenvalue weighted by molar-refractivity contribution is 7.89. The Balaban J connectivity index is 1.22. The largest absolute Gasteiger partial charge is 0.352 e. The minimum Gasteiger partial charge on any atom is -0.352 e. The van der Waals surface area contributed by atoms with Gasteiger partial charge in [-0.15, -0.1) is 0 Å². The number of piperazine rings is 1. The molecule has 0 aromatic heterocycles. The molecule has 2 heterocycles. The van der Waals surface area contributed by atoms with Gasteiger partial charge in [0, 0.05) is 58.8 Å². The van der Waals surface area contributed by atoms with Crippen LogP contribution in [0.5, 0.6) is 0 Å². The van der Waals surface area contributed by atoms with Crippen LogP contribution in [0.1, 0.15) is 36.0 Å². The molecule has 2 aromatic rings. The number of benzene rings is 2. The Morgan fingerprint density at radius 2 is 1.56 bits per heavy atom. The molecular formula is C26H36N4O3S. The fraction of sp³-hybridized carbons (Fsp3) is 0.500. The summed E-state index contributed by atoms with van der Waals surface area (Å²) >= 11 is 0. The lowest BCUT2D eigenvalue weighted by atomic mass is 10.1. The summed E-state index contributed by atoms with van der Waals surface area (Å²) in [6.45, 7) is 7.04. The van der Waals surface area contributed by atoms with E-state index in [4.69, 9.17) is 0 Å². The zero-order valence-corrected chi connectivity index (χ0v) is 20.9. The van der Waals surface area contributed by atoms with E-state index in [2.05, 4.69) is 40.4 Å². The van der Waals surface area contributed by atoms with Gasteiger partial charge >= 0.3 is 0 Å². The van der Waals surface area contributed by atoms with Crippen LogP contribution >= 0.6 is 0 Å². The first-order chi connectivity index (χ1) is 16.4. The van der Waals surface area contributed by atoms with Crippen LogP contribution in [0, 0.1) is 0 Å². The van der Waals surface area contributed by atoms with E-state index in [1.165, 1.54) is 5.56 Å². The van der Waals surface area contributed by atoms with Gasteiger partial charge < -0.3 is 10.2 Å². The van der Waals surface area contributed by atoms with Crippen LogP contribution in [0.3, 0.4) is 0 Å². The van der Waals surface area contributed by atoms with Crippen molar-refractivity contribution in [3.63, 3.8) is 0 Å². The molecule has 2 aromatic carbocycles. The molecule has 4 rings (SSSR count). The Kier molecular flexibility index (Phi) is 8.37. The molecule has 1 amide bonds. The van der Waals surface area contributed by atoms with Crippen molar-refractivity contribution in [3.8, 4) is 0 Å². The molecular weight excluding hydrogens is 448 g/mol. The summed E-state index contributed by atoms with van der Waals surface area (Å²) < 4.78 is 26.8. The van der Waals surface area contributed by atoms with E-state index in [9.17, 15) is 13.2 Å². The third-order valence-corrected chi connectivity index (χ3v) is 8.66. The average molecular weight is 485 g/mol. The maximum Gasteiger partial charge on any atom is 0.243 e. The van der Waals surface area contributed by atoms with Gasteiger partial charge in [0.2, 0.25) is 15.9 Å². The highest BCUT2D eigenvalue weighted by Crippen LogP contribution is 2.21. The lowest BCUT2D eigenvalue weighted by molar-refractivity contribution is -0.121. The minimum absolute atomic E-state index is 0.00163. The summed E-state index contributed by atoms with van der Waals surface area (Å²) in [5.74, 6) is -0.00163. The molecule has 0 saturated carbocycles. The number of amides is 1. The minimum atomic E-state index is -3.39. The third kappa shape index (κ3) is 6.66. The highest BCUT2D eigenvalue weighted by atomic mass is 32.2. The van der Waals surface area contributed by atoms with Gasteiger partial charge in [-0.25, -0.2) is 8.42 Å². The highest BCUT2D eigenvalue weighted by Gasteiger charge is 2.26. The van der Waals surface area contributed by atoms with Gasteiger partial charge in [0.1, 0.15) is 0 Å². The second-order valence-corrected chi connectivity index (χ2v) is 11.4. The maximum atomic E-state index is 12.6. The summed E-state index contributed by atoms with van der Waals surface area (Å²) in [5, 5.41) is 3.02. The number of nitrogens with one attached hydrogen (secondary N) is 1. The summed E-state index contributed by atoms with van der Waals surface area (Å²) in [7, 11) is -1.23. The summed E-state index contributed by atoms with van der Waals surface area (Å²) in [6, 6.07) is 15.4. The molecule has 1 N–H and O–H groups in total. The number of aryl methyl sites for hydroxylation is 1. The lowest BCUT2D eigenvalue weighted by Gasteiger charge is -2.32. The number of carbonyl (C=O) groups is 1. The molecule has 2 fully saturated rings. The van der Waals surface area contributed by atoms with Crippen LogP contribution in [-0.2, 0) is 34.3 Å². The summed E-state index contributed by atoms with van der Waals surface area (Å²) in [5.41, 5.74) is 3.35. The molecule has 34 heavy (non-hydrogen) atoms. The summed E-state index contributed by atoms with van der Waals surface area (Å²) in [4.78, 5) is 17.6. The second-order valence-electron chi connectivity index (χ2n) is 9.43. The van der Waals surface area contributed by atoms with Gasteiger partial charge in [-0.05, 0) is 55.1 Å². The van der Waals surface area contributed by atoms with E-state index in [0.29, 0.717) is 37.4 Å². The first-order valence-corrected chi connectivity index (χ1v) is 13.7. The number of likely N-dealkylation sites (N-methyl/N-ethyl adjacent to an activating group) is 1. The monoisotopic (exact) mass is 484 g/mol. The number of carbonyl (C=O) groups excluding carboxylic acids is 1. The third-order valence-electron chi connectivity index (χ3n) is 6.75. The van der Waals surface area contributed by atoms with Crippen molar-refractivity contribution < 1.29 is 13.2 Å². The quantitative estimate of drug-likeness (QED) is 0.592. The first-order valence-electron chi connectivity index (χ1n) is 12.2. The molecule has 0 atom stereocenters. The van der Waals surface area contributed by atoms with Crippen molar-refractivity contribution in [1.82, 2.24) is 19.4 Å². The Labute approximate surface area is 203 Å². The Morgan fingerprint density at radius 3 is 2.26 bits per heavy atom. The molecule has 0 bridgehead atoms. The molecule has 0 aliphatic carbocycles. The topological polar surface area (TPSA) is 73.0 Å². The van der Waals surface area contributed by atoms with E-state index in [-0.39, 0.29) is 5.91 Å². The van der Waals surface area contributed by atoms with Crippen LogP contribution in [0.2, 0.25) is 0 Å². The van der Waals surface area contributed by atoms with Crippen molar-refractivity contribution in [3.05, 3.63) is 65.2 Å². The van der Waals surface area contributed by atoms with E-state index >= 15 is 0 Å². The van der Waals surface area contributed by atoms with E-state index in [1.54, 1.807) is 16.4 Å². The first kappa shape index (κ1) is 24.9. The zero-order chi connectivity index (χ0) is 24.0. The fourth-order valence-electron chi connectivity index (χ4n) is 4.55. The molecule has 0 unspecified atom stereocenters. The molecule has 2 saturated heterocycles. The Bertz CT molecular complexity index is 1060. The van der Waals surface area contributed by atoms with E-state index < -0.39 is 10.0 Å². The van der Waals surface area contributed by atoms with Crippen molar-refractivity contribution in [2.45, 2.75) is 43.7 Å². The predicted molar refractivity (Wildman–Crippen MR) is 134 cm³/mol. The van der Waals surface area contributed by atoms with E-state index in [1.807, 2.05) is 18.2 Å².